The number of piperidine rings is 1. The van der Waals surface area contributed by atoms with E-state index in [1.165, 1.54) is 58.3 Å². The Morgan fingerprint density at radius 1 is 1.16 bits per heavy atom. The van der Waals surface area contributed by atoms with Crippen molar-refractivity contribution in [1.29, 1.82) is 0 Å². The van der Waals surface area contributed by atoms with E-state index >= 15 is 0 Å². The van der Waals surface area contributed by atoms with E-state index in [-0.39, 0.29) is 12.4 Å². The molecular weight excluding hydrogens is 260 g/mol. The highest BCUT2D eigenvalue weighted by Crippen LogP contribution is 2.45. The van der Waals surface area contributed by atoms with Gasteiger partial charge in [0.15, 0.2) is 0 Å². The van der Waals surface area contributed by atoms with Crippen LogP contribution in [0.3, 0.4) is 0 Å². The van der Waals surface area contributed by atoms with Crippen molar-refractivity contribution in [3.63, 3.8) is 0 Å². The molecule has 0 aromatic carbocycles. The smallest absolute Gasteiger partial charge is 0.0471 e. The molecule has 0 aromatic heterocycles. The highest BCUT2D eigenvalue weighted by molar-refractivity contribution is 5.85. The van der Waals surface area contributed by atoms with Crippen LogP contribution >= 0.6 is 12.4 Å². The zero-order valence-electron chi connectivity index (χ0n) is 12.2. The predicted molar refractivity (Wildman–Crippen MR) is 81.0 cm³/mol. The number of likely N-dealkylation sites (tertiary alicyclic amines) is 1. The van der Waals surface area contributed by atoms with E-state index in [0.717, 1.165) is 25.2 Å². The molecule has 0 amide bonds. The molecule has 3 fully saturated rings. The standard InChI is InChI=1S/C15H28N2O.ClH/c1-13-15(5-10-18-11-6-15)4-9-17(13)12-14-2-7-16-8-3-14;/h13-14,16H,2-12H2,1H3;1H. The molecule has 0 radical (unpaired) electrons. The molecule has 112 valence electrons. The van der Waals surface area contributed by atoms with Crippen LogP contribution < -0.4 is 5.32 Å². The van der Waals surface area contributed by atoms with E-state index in [9.17, 15) is 0 Å². The van der Waals surface area contributed by atoms with Crippen molar-refractivity contribution < 1.29 is 4.74 Å². The van der Waals surface area contributed by atoms with Crippen molar-refractivity contribution >= 4 is 12.4 Å². The Balaban J connectivity index is 0.00000133. The molecule has 1 N–H and O–H groups in total. The summed E-state index contributed by atoms with van der Waals surface area (Å²) < 4.78 is 5.56. The number of ether oxygens (including phenoxy) is 1. The minimum absolute atomic E-state index is 0. The summed E-state index contributed by atoms with van der Waals surface area (Å²) in [6.45, 7) is 9.57. The Labute approximate surface area is 123 Å². The van der Waals surface area contributed by atoms with Gasteiger partial charge in [-0.2, -0.15) is 0 Å². The second-order valence-electron chi connectivity index (χ2n) is 6.59. The Morgan fingerprint density at radius 3 is 2.53 bits per heavy atom. The second kappa shape index (κ2) is 6.75. The molecule has 3 aliphatic heterocycles. The largest absolute Gasteiger partial charge is 0.381 e. The molecule has 0 saturated carbocycles. The molecule has 1 unspecified atom stereocenters. The second-order valence-corrected chi connectivity index (χ2v) is 6.59. The van der Waals surface area contributed by atoms with E-state index < -0.39 is 0 Å². The first-order valence-corrected chi connectivity index (χ1v) is 7.83. The van der Waals surface area contributed by atoms with Gasteiger partial charge in [-0.3, -0.25) is 4.90 Å². The number of nitrogens with one attached hydrogen (secondary N) is 1. The minimum Gasteiger partial charge on any atom is -0.381 e. The van der Waals surface area contributed by atoms with Crippen molar-refractivity contribution in [2.75, 3.05) is 39.4 Å². The fraction of sp³-hybridized carbons (Fsp3) is 1.00. The highest BCUT2D eigenvalue weighted by atomic mass is 35.5. The predicted octanol–water partition coefficient (Wildman–Crippen LogP) is 2.30. The van der Waals surface area contributed by atoms with Crippen LogP contribution in [0.2, 0.25) is 0 Å². The van der Waals surface area contributed by atoms with Crippen molar-refractivity contribution in [2.24, 2.45) is 11.3 Å². The summed E-state index contributed by atoms with van der Waals surface area (Å²) in [4.78, 5) is 2.78. The zero-order chi connectivity index (χ0) is 12.4. The van der Waals surface area contributed by atoms with Crippen LogP contribution in [0.1, 0.15) is 39.0 Å². The molecule has 1 spiro atoms. The molecule has 3 aliphatic rings. The molecule has 19 heavy (non-hydrogen) atoms. The van der Waals surface area contributed by atoms with Crippen LogP contribution in [-0.2, 0) is 4.74 Å². The number of halogens is 1. The van der Waals surface area contributed by atoms with Gasteiger partial charge < -0.3 is 10.1 Å². The lowest BCUT2D eigenvalue weighted by molar-refractivity contribution is -0.00257. The number of rotatable bonds is 2. The lowest BCUT2D eigenvalue weighted by Crippen LogP contribution is -2.43. The monoisotopic (exact) mass is 288 g/mol. The molecule has 3 heterocycles. The number of hydrogen-bond acceptors (Lipinski definition) is 3. The molecule has 4 heteroatoms. The van der Waals surface area contributed by atoms with Gasteiger partial charge >= 0.3 is 0 Å². The molecule has 0 aliphatic carbocycles. The van der Waals surface area contributed by atoms with Gasteiger partial charge in [-0.15, -0.1) is 12.4 Å². The Bertz CT molecular complexity index is 275. The van der Waals surface area contributed by atoms with E-state index in [1.807, 2.05) is 0 Å². The summed E-state index contributed by atoms with van der Waals surface area (Å²) in [6, 6.07) is 0.774. The molecule has 3 saturated heterocycles. The Hall–Kier alpha value is 0.170. The highest BCUT2D eigenvalue weighted by Gasteiger charge is 2.45. The Kier molecular flexibility index (Phi) is 5.53. The van der Waals surface area contributed by atoms with Crippen molar-refractivity contribution in [1.82, 2.24) is 10.2 Å². The van der Waals surface area contributed by atoms with Gasteiger partial charge in [-0.05, 0) is 70.0 Å². The zero-order valence-corrected chi connectivity index (χ0v) is 13.0. The summed E-state index contributed by atoms with van der Waals surface area (Å²) in [7, 11) is 0. The maximum Gasteiger partial charge on any atom is 0.0471 e. The van der Waals surface area contributed by atoms with Gasteiger partial charge in [0.05, 0.1) is 0 Å². The Morgan fingerprint density at radius 2 is 1.84 bits per heavy atom. The van der Waals surface area contributed by atoms with Gasteiger partial charge in [0, 0.05) is 25.8 Å². The summed E-state index contributed by atoms with van der Waals surface area (Å²) in [6.07, 6.45) is 6.73. The maximum atomic E-state index is 5.56. The van der Waals surface area contributed by atoms with Crippen molar-refractivity contribution in [3.8, 4) is 0 Å². The average Bonchev–Trinajstić information content (AvgIpc) is 2.71. The molecule has 0 aromatic rings. The first-order valence-electron chi connectivity index (χ1n) is 7.83. The number of hydrogen-bond donors (Lipinski definition) is 1. The lowest BCUT2D eigenvalue weighted by atomic mass is 9.74. The molecule has 0 bridgehead atoms. The van der Waals surface area contributed by atoms with Crippen LogP contribution in [0.4, 0.5) is 0 Å². The fourth-order valence-electron chi connectivity index (χ4n) is 4.25. The minimum atomic E-state index is 0. The van der Waals surface area contributed by atoms with Crippen molar-refractivity contribution in [3.05, 3.63) is 0 Å². The van der Waals surface area contributed by atoms with Crippen LogP contribution in [-0.4, -0.2) is 50.3 Å². The summed E-state index contributed by atoms with van der Waals surface area (Å²) in [5.41, 5.74) is 0.588. The summed E-state index contributed by atoms with van der Waals surface area (Å²) in [5.74, 6) is 0.934. The SMILES string of the molecule is CC1N(CC2CCNCC2)CCC12CCOCC2.Cl. The summed E-state index contributed by atoms with van der Waals surface area (Å²) in [5, 5.41) is 3.47. The van der Waals surface area contributed by atoms with Gasteiger partial charge in [-0.25, -0.2) is 0 Å². The summed E-state index contributed by atoms with van der Waals surface area (Å²) >= 11 is 0. The first kappa shape index (κ1) is 15.6. The van der Waals surface area contributed by atoms with Gasteiger partial charge in [-0.1, -0.05) is 0 Å². The maximum absolute atomic E-state index is 5.56. The van der Waals surface area contributed by atoms with Gasteiger partial charge in [0.1, 0.15) is 0 Å². The van der Waals surface area contributed by atoms with Crippen LogP contribution in [0.5, 0.6) is 0 Å². The normalized spacial score (nSPS) is 32.4. The first-order chi connectivity index (χ1) is 8.80. The third kappa shape index (κ3) is 3.26. The quantitative estimate of drug-likeness (QED) is 0.844. The van der Waals surface area contributed by atoms with Crippen LogP contribution in [0.15, 0.2) is 0 Å². The fourth-order valence-corrected chi connectivity index (χ4v) is 4.25. The number of nitrogens with zero attached hydrogens (tertiary/aromatic N) is 1. The van der Waals surface area contributed by atoms with E-state index in [1.54, 1.807) is 0 Å². The third-order valence-corrected chi connectivity index (χ3v) is 5.77. The average molecular weight is 289 g/mol. The van der Waals surface area contributed by atoms with Crippen LogP contribution in [0, 0.1) is 11.3 Å². The van der Waals surface area contributed by atoms with E-state index in [4.69, 9.17) is 4.74 Å². The lowest BCUT2D eigenvalue weighted by Gasteiger charge is -2.40. The van der Waals surface area contributed by atoms with E-state index in [0.29, 0.717) is 5.41 Å². The van der Waals surface area contributed by atoms with Gasteiger partial charge in [0.2, 0.25) is 0 Å². The molecule has 3 nitrogen and oxygen atoms in total. The molecule has 1 atom stereocenters. The topological polar surface area (TPSA) is 24.5 Å². The van der Waals surface area contributed by atoms with E-state index in [2.05, 4.69) is 17.1 Å². The molecule has 3 rings (SSSR count). The third-order valence-electron chi connectivity index (χ3n) is 5.77. The van der Waals surface area contributed by atoms with Gasteiger partial charge in [0.25, 0.3) is 0 Å². The molecular formula is C15H29ClN2O. The van der Waals surface area contributed by atoms with Crippen molar-refractivity contribution in [2.45, 2.75) is 45.1 Å². The van der Waals surface area contributed by atoms with Crippen LogP contribution in [0.25, 0.3) is 0 Å².